The van der Waals surface area contributed by atoms with E-state index in [1.165, 1.54) is 17.0 Å². The molecule has 4 nitrogen and oxygen atoms in total. The third kappa shape index (κ3) is 3.71. The molecule has 3 rings (SSSR count). The Bertz CT molecular complexity index is 824. The van der Waals surface area contributed by atoms with E-state index in [0.717, 1.165) is 23.9 Å². The van der Waals surface area contributed by atoms with Crippen LogP contribution in [0, 0.1) is 12.7 Å². The van der Waals surface area contributed by atoms with Crippen LogP contribution < -0.4 is 11.1 Å². The van der Waals surface area contributed by atoms with Crippen molar-refractivity contribution in [1.29, 1.82) is 0 Å². The Morgan fingerprint density at radius 3 is 3.04 bits per heavy atom. The number of aliphatic imine (C=N–C) groups is 1. The second kappa shape index (κ2) is 6.83. The van der Waals surface area contributed by atoms with Crippen LogP contribution in [-0.2, 0) is 13.0 Å². The lowest BCUT2D eigenvalue weighted by Crippen LogP contribution is -2.33. The molecule has 0 spiro atoms. The molecule has 1 aromatic carbocycles. The zero-order valence-electron chi connectivity index (χ0n) is 12.8. The van der Waals surface area contributed by atoms with E-state index < -0.39 is 0 Å². The number of nitrogens with zero attached hydrogens (tertiary/aromatic N) is 1. The first-order chi connectivity index (χ1) is 11.1. The largest absolute Gasteiger partial charge is 0.459 e. The molecule has 6 heteroatoms. The van der Waals surface area contributed by atoms with Gasteiger partial charge in [-0.1, -0.05) is 6.07 Å². The van der Waals surface area contributed by atoms with Crippen LogP contribution >= 0.6 is 11.3 Å². The van der Waals surface area contributed by atoms with Crippen LogP contribution in [0.5, 0.6) is 0 Å². The van der Waals surface area contributed by atoms with Gasteiger partial charge in [0.2, 0.25) is 0 Å². The highest BCUT2D eigenvalue weighted by Crippen LogP contribution is 2.26. The molecule has 0 unspecified atom stereocenters. The van der Waals surface area contributed by atoms with Crippen LogP contribution in [0.2, 0.25) is 0 Å². The van der Waals surface area contributed by atoms with Crippen LogP contribution in [-0.4, -0.2) is 12.5 Å². The smallest absolute Gasteiger partial charge is 0.189 e. The number of fused-ring (bicyclic) bond motifs is 1. The Morgan fingerprint density at radius 2 is 2.26 bits per heavy atom. The van der Waals surface area contributed by atoms with Gasteiger partial charge < -0.3 is 15.5 Å². The number of furan rings is 1. The molecule has 2 heterocycles. The number of benzene rings is 1. The number of thiophene rings is 1. The summed E-state index contributed by atoms with van der Waals surface area (Å²) in [5, 5.41) is 5.92. The maximum atomic E-state index is 13.3. The van der Waals surface area contributed by atoms with Crippen molar-refractivity contribution in [2.75, 3.05) is 6.54 Å². The summed E-state index contributed by atoms with van der Waals surface area (Å²) < 4.78 is 19.0. The van der Waals surface area contributed by atoms with E-state index >= 15 is 0 Å². The Labute approximate surface area is 137 Å². The topological polar surface area (TPSA) is 63.5 Å². The van der Waals surface area contributed by atoms with Crippen molar-refractivity contribution in [2.45, 2.75) is 19.9 Å². The molecule has 0 amide bonds. The monoisotopic (exact) mass is 331 g/mol. The van der Waals surface area contributed by atoms with Gasteiger partial charge in [0, 0.05) is 22.4 Å². The second-order valence-electron chi connectivity index (χ2n) is 5.25. The van der Waals surface area contributed by atoms with Crippen molar-refractivity contribution >= 4 is 28.3 Å². The zero-order chi connectivity index (χ0) is 16.2. The van der Waals surface area contributed by atoms with Gasteiger partial charge in [0.15, 0.2) is 5.96 Å². The van der Waals surface area contributed by atoms with Crippen molar-refractivity contribution in [3.05, 3.63) is 57.7 Å². The number of aryl methyl sites for hydroxylation is 1. The predicted octanol–water partition coefficient (Wildman–Crippen LogP) is 3.59. The third-order valence-electron chi connectivity index (χ3n) is 3.65. The molecule has 3 aromatic rings. The number of hydrogen-bond acceptors (Lipinski definition) is 3. The first-order valence-corrected chi connectivity index (χ1v) is 8.25. The van der Waals surface area contributed by atoms with Crippen molar-refractivity contribution in [2.24, 2.45) is 10.7 Å². The van der Waals surface area contributed by atoms with Gasteiger partial charge in [-0.15, -0.1) is 11.3 Å². The Morgan fingerprint density at radius 1 is 1.39 bits per heavy atom. The summed E-state index contributed by atoms with van der Waals surface area (Å²) in [7, 11) is 0. The lowest BCUT2D eigenvalue weighted by atomic mass is 10.1. The fourth-order valence-corrected chi connectivity index (χ4v) is 3.09. The fraction of sp³-hybridized carbons (Fsp3) is 0.235. The molecular formula is C17H18FN3OS. The SMILES string of the molecule is Cc1c(CN=C(N)NCCc2cccs2)oc2ccc(F)cc12. The maximum absolute atomic E-state index is 13.3. The molecule has 0 bridgehead atoms. The van der Waals surface area contributed by atoms with Gasteiger partial charge >= 0.3 is 0 Å². The molecule has 23 heavy (non-hydrogen) atoms. The van der Waals surface area contributed by atoms with E-state index in [-0.39, 0.29) is 5.82 Å². The van der Waals surface area contributed by atoms with E-state index in [4.69, 9.17) is 10.2 Å². The minimum atomic E-state index is -0.272. The van der Waals surface area contributed by atoms with Crippen molar-refractivity contribution in [1.82, 2.24) is 5.32 Å². The van der Waals surface area contributed by atoms with Crippen molar-refractivity contribution in [3.63, 3.8) is 0 Å². The minimum Gasteiger partial charge on any atom is -0.459 e. The number of hydrogen-bond donors (Lipinski definition) is 2. The zero-order valence-corrected chi connectivity index (χ0v) is 13.6. The molecule has 0 radical (unpaired) electrons. The average molecular weight is 331 g/mol. The Balaban J connectivity index is 1.61. The van der Waals surface area contributed by atoms with Crippen LogP contribution in [0.3, 0.4) is 0 Å². The van der Waals surface area contributed by atoms with Gasteiger partial charge in [0.25, 0.3) is 0 Å². The van der Waals surface area contributed by atoms with E-state index in [1.54, 1.807) is 17.4 Å². The van der Waals surface area contributed by atoms with E-state index in [1.807, 2.05) is 13.0 Å². The van der Waals surface area contributed by atoms with E-state index in [2.05, 4.69) is 21.8 Å². The fourth-order valence-electron chi connectivity index (χ4n) is 2.38. The summed E-state index contributed by atoms with van der Waals surface area (Å²) in [6.07, 6.45) is 0.914. The molecule has 0 fully saturated rings. The second-order valence-corrected chi connectivity index (χ2v) is 6.28. The first kappa shape index (κ1) is 15.6. The molecule has 0 atom stereocenters. The summed E-state index contributed by atoms with van der Waals surface area (Å²) in [5.41, 5.74) is 7.43. The maximum Gasteiger partial charge on any atom is 0.189 e. The molecule has 2 aromatic heterocycles. The lowest BCUT2D eigenvalue weighted by Gasteiger charge is -2.04. The Kier molecular flexibility index (Phi) is 4.62. The van der Waals surface area contributed by atoms with Gasteiger partial charge in [0.1, 0.15) is 23.7 Å². The molecule has 0 saturated carbocycles. The van der Waals surface area contributed by atoms with Gasteiger partial charge in [-0.3, -0.25) is 0 Å². The van der Waals surface area contributed by atoms with Crippen LogP contribution in [0.25, 0.3) is 11.0 Å². The summed E-state index contributed by atoms with van der Waals surface area (Å²) in [6.45, 7) is 2.97. The molecular weight excluding hydrogens is 313 g/mol. The van der Waals surface area contributed by atoms with Crippen LogP contribution in [0.15, 0.2) is 45.1 Å². The highest BCUT2D eigenvalue weighted by molar-refractivity contribution is 7.09. The number of nitrogens with one attached hydrogen (secondary N) is 1. The summed E-state index contributed by atoms with van der Waals surface area (Å²) in [6, 6.07) is 8.62. The molecule has 0 aliphatic carbocycles. The summed E-state index contributed by atoms with van der Waals surface area (Å²) >= 11 is 1.72. The predicted molar refractivity (Wildman–Crippen MR) is 92.3 cm³/mol. The lowest BCUT2D eigenvalue weighted by molar-refractivity contribution is 0.547. The molecule has 3 N–H and O–H groups in total. The highest BCUT2D eigenvalue weighted by Gasteiger charge is 2.10. The van der Waals surface area contributed by atoms with Gasteiger partial charge in [0.05, 0.1) is 0 Å². The Hall–Kier alpha value is -2.34. The number of nitrogens with two attached hydrogens (primary N) is 1. The number of guanidine groups is 1. The molecule has 120 valence electrons. The van der Waals surface area contributed by atoms with Gasteiger partial charge in [-0.05, 0) is 43.0 Å². The van der Waals surface area contributed by atoms with Gasteiger partial charge in [-0.25, -0.2) is 9.38 Å². The first-order valence-electron chi connectivity index (χ1n) is 7.37. The molecule has 0 saturated heterocycles. The third-order valence-corrected chi connectivity index (χ3v) is 4.58. The van der Waals surface area contributed by atoms with Crippen LogP contribution in [0.4, 0.5) is 4.39 Å². The quantitative estimate of drug-likeness (QED) is 0.555. The highest BCUT2D eigenvalue weighted by atomic mass is 32.1. The van der Waals surface area contributed by atoms with Gasteiger partial charge in [-0.2, -0.15) is 0 Å². The van der Waals surface area contributed by atoms with E-state index in [9.17, 15) is 4.39 Å². The van der Waals surface area contributed by atoms with E-state index in [0.29, 0.717) is 23.8 Å². The average Bonchev–Trinajstić information content (AvgIpc) is 3.14. The van der Waals surface area contributed by atoms with Crippen LogP contribution in [0.1, 0.15) is 16.2 Å². The summed E-state index contributed by atoms with van der Waals surface area (Å²) in [5.74, 6) is 0.812. The van der Waals surface area contributed by atoms with Crippen molar-refractivity contribution < 1.29 is 8.81 Å². The standard InChI is InChI=1S/C17H18FN3OS/c1-11-14-9-12(18)4-5-15(14)22-16(11)10-21-17(19)20-7-6-13-3-2-8-23-13/h2-5,8-9H,6-7,10H2,1H3,(H3,19,20,21). The number of rotatable bonds is 5. The van der Waals surface area contributed by atoms with Crippen molar-refractivity contribution in [3.8, 4) is 0 Å². The number of halogens is 1. The molecule has 0 aliphatic rings. The summed E-state index contributed by atoms with van der Waals surface area (Å²) in [4.78, 5) is 5.60. The normalized spacial score (nSPS) is 12.0. The minimum absolute atomic E-state index is 0.272. The molecule has 0 aliphatic heterocycles.